The van der Waals surface area contributed by atoms with Gasteiger partial charge in [0.05, 0.1) is 25.1 Å². The molecule has 0 aliphatic carbocycles. The molecule has 0 amide bonds. The molecule has 2 bridgehead atoms. The number of pyridine rings is 1. The molecule has 5 heteroatoms. The first-order valence-electron chi connectivity index (χ1n) is 6.64. The quantitative estimate of drug-likeness (QED) is 0.830. The van der Waals surface area contributed by atoms with E-state index in [1.807, 2.05) is 0 Å². The molecule has 0 saturated carbocycles. The summed E-state index contributed by atoms with van der Waals surface area (Å²) >= 11 is 0. The van der Waals surface area contributed by atoms with Crippen LogP contribution < -0.4 is 0 Å². The van der Waals surface area contributed by atoms with Crippen LogP contribution in [0.25, 0.3) is 0 Å². The SMILES string of the molecule is Cc1cc(F)cnc1C1(O)CC2COCC(C1)N2C. The van der Waals surface area contributed by atoms with Gasteiger partial charge in [0, 0.05) is 12.1 Å². The molecule has 2 atom stereocenters. The maximum atomic E-state index is 13.2. The summed E-state index contributed by atoms with van der Waals surface area (Å²) in [6.07, 6.45) is 2.35. The Hall–Kier alpha value is -1.04. The number of rotatable bonds is 1. The molecule has 3 heterocycles. The van der Waals surface area contributed by atoms with E-state index in [-0.39, 0.29) is 17.9 Å². The molecule has 2 unspecified atom stereocenters. The van der Waals surface area contributed by atoms with E-state index in [0.717, 1.165) is 0 Å². The summed E-state index contributed by atoms with van der Waals surface area (Å²) in [6.45, 7) is 3.07. The summed E-state index contributed by atoms with van der Waals surface area (Å²) in [6, 6.07) is 1.83. The molecule has 0 radical (unpaired) electrons. The number of aryl methyl sites for hydroxylation is 1. The van der Waals surface area contributed by atoms with E-state index in [1.165, 1.54) is 12.3 Å². The second-order valence-corrected chi connectivity index (χ2v) is 5.77. The second-order valence-electron chi connectivity index (χ2n) is 5.77. The fourth-order valence-electron chi connectivity index (χ4n) is 3.36. The average Bonchev–Trinajstić information content (AvgIpc) is 2.31. The van der Waals surface area contributed by atoms with Crippen LogP contribution in [0.2, 0.25) is 0 Å². The lowest BCUT2D eigenvalue weighted by Crippen LogP contribution is -2.59. The van der Waals surface area contributed by atoms with Crippen LogP contribution in [0.1, 0.15) is 24.1 Å². The number of likely N-dealkylation sites (N-methyl/N-ethyl adjacent to an activating group) is 1. The van der Waals surface area contributed by atoms with Crippen molar-refractivity contribution in [1.82, 2.24) is 9.88 Å². The van der Waals surface area contributed by atoms with Crippen molar-refractivity contribution < 1.29 is 14.2 Å². The van der Waals surface area contributed by atoms with Gasteiger partial charge in [-0.1, -0.05) is 0 Å². The molecule has 3 rings (SSSR count). The predicted molar refractivity (Wildman–Crippen MR) is 68.2 cm³/mol. The van der Waals surface area contributed by atoms with E-state index in [4.69, 9.17) is 4.74 Å². The standard InChI is InChI=1S/C14H19FN2O2/c1-9-3-10(15)6-16-13(9)14(18)4-11-7-19-8-12(5-14)17(11)2/h3,6,11-12,18H,4-5,7-8H2,1-2H3. The number of piperidine rings is 1. The molecule has 0 aromatic carbocycles. The van der Waals surface area contributed by atoms with Crippen molar-refractivity contribution in [3.8, 4) is 0 Å². The molecule has 0 spiro atoms. The van der Waals surface area contributed by atoms with Crippen molar-refractivity contribution >= 4 is 0 Å². The highest BCUT2D eigenvalue weighted by atomic mass is 19.1. The number of morpholine rings is 1. The number of fused-ring (bicyclic) bond motifs is 2. The molecular weight excluding hydrogens is 247 g/mol. The van der Waals surface area contributed by atoms with Crippen molar-refractivity contribution in [2.45, 2.75) is 37.5 Å². The van der Waals surface area contributed by atoms with Crippen LogP contribution >= 0.6 is 0 Å². The lowest BCUT2D eigenvalue weighted by atomic mass is 9.78. The van der Waals surface area contributed by atoms with Gasteiger partial charge in [0.25, 0.3) is 0 Å². The summed E-state index contributed by atoms with van der Waals surface area (Å²) in [5.74, 6) is -0.360. The van der Waals surface area contributed by atoms with E-state index < -0.39 is 5.60 Å². The minimum Gasteiger partial charge on any atom is -0.383 e. The molecule has 2 fully saturated rings. The van der Waals surface area contributed by atoms with Crippen molar-refractivity contribution in [2.24, 2.45) is 0 Å². The smallest absolute Gasteiger partial charge is 0.141 e. The molecule has 1 N–H and O–H groups in total. The van der Waals surface area contributed by atoms with E-state index in [9.17, 15) is 9.50 Å². The summed E-state index contributed by atoms with van der Waals surface area (Å²) in [5, 5.41) is 11.0. The number of halogens is 1. The molecule has 2 aliphatic heterocycles. The van der Waals surface area contributed by atoms with Gasteiger partial charge in [0.1, 0.15) is 11.4 Å². The minimum atomic E-state index is -0.969. The zero-order valence-electron chi connectivity index (χ0n) is 11.3. The average molecular weight is 266 g/mol. The first-order valence-corrected chi connectivity index (χ1v) is 6.64. The van der Waals surface area contributed by atoms with E-state index >= 15 is 0 Å². The normalized spacial score (nSPS) is 35.4. The molecule has 2 aliphatic rings. The maximum absolute atomic E-state index is 13.2. The minimum absolute atomic E-state index is 0.198. The van der Waals surface area contributed by atoms with Crippen LogP contribution in [0.4, 0.5) is 4.39 Å². The Labute approximate surface area is 112 Å². The first-order chi connectivity index (χ1) is 8.99. The van der Waals surface area contributed by atoms with Gasteiger partial charge in [-0.3, -0.25) is 9.88 Å². The van der Waals surface area contributed by atoms with Crippen molar-refractivity contribution in [3.63, 3.8) is 0 Å². The lowest BCUT2D eigenvalue weighted by Gasteiger charge is -2.50. The van der Waals surface area contributed by atoms with Gasteiger partial charge in [-0.25, -0.2) is 4.39 Å². The fraction of sp³-hybridized carbons (Fsp3) is 0.643. The number of hydrogen-bond donors (Lipinski definition) is 1. The van der Waals surface area contributed by atoms with Gasteiger partial charge in [-0.05, 0) is 38.4 Å². The number of nitrogens with zero attached hydrogens (tertiary/aromatic N) is 2. The largest absolute Gasteiger partial charge is 0.383 e. The summed E-state index contributed by atoms with van der Waals surface area (Å²) in [5.41, 5.74) is 0.355. The van der Waals surface area contributed by atoms with Crippen LogP contribution in [0, 0.1) is 12.7 Å². The van der Waals surface area contributed by atoms with E-state index in [1.54, 1.807) is 6.92 Å². The number of ether oxygens (including phenoxy) is 1. The highest BCUT2D eigenvalue weighted by Gasteiger charge is 2.46. The van der Waals surface area contributed by atoms with Crippen LogP contribution in [0.15, 0.2) is 12.3 Å². The van der Waals surface area contributed by atoms with Crippen molar-refractivity contribution in [1.29, 1.82) is 0 Å². The molecule has 104 valence electrons. The summed E-state index contributed by atoms with van der Waals surface area (Å²) in [4.78, 5) is 6.42. The third kappa shape index (κ3) is 2.16. The number of hydrogen-bond acceptors (Lipinski definition) is 4. The van der Waals surface area contributed by atoms with Gasteiger partial charge in [-0.2, -0.15) is 0 Å². The van der Waals surface area contributed by atoms with Gasteiger partial charge in [0.15, 0.2) is 0 Å². The van der Waals surface area contributed by atoms with Crippen LogP contribution in [-0.2, 0) is 10.3 Å². The predicted octanol–water partition coefficient (Wildman–Crippen LogP) is 1.21. The monoisotopic (exact) mass is 266 g/mol. The Bertz CT molecular complexity index is 480. The van der Waals surface area contributed by atoms with Gasteiger partial charge >= 0.3 is 0 Å². The van der Waals surface area contributed by atoms with Gasteiger partial charge in [0.2, 0.25) is 0 Å². The Morgan fingerprint density at radius 3 is 2.63 bits per heavy atom. The van der Waals surface area contributed by atoms with E-state index in [0.29, 0.717) is 37.3 Å². The van der Waals surface area contributed by atoms with E-state index in [2.05, 4.69) is 16.9 Å². The molecule has 1 aromatic rings. The highest BCUT2D eigenvalue weighted by molar-refractivity contribution is 5.26. The summed E-state index contributed by atoms with van der Waals surface area (Å²) in [7, 11) is 2.07. The van der Waals surface area contributed by atoms with Crippen molar-refractivity contribution in [2.75, 3.05) is 20.3 Å². The van der Waals surface area contributed by atoms with Crippen LogP contribution in [0.3, 0.4) is 0 Å². The fourth-order valence-corrected chi connectivity index (χ4v) is 3.36. The molecular formula is C14H19FN2O2. The topological polar surface area (TPSA) is 45.6 Å². The number of aliphatic hydroxyl groups is 1. The first kappa shape index (κ1) is 13.0. The maximum Gasteiger partial charge on any atom is 0.141 e. The summed E-state index contributed by atoms with van der Waals surface area (Å²) < 4.78 is 18.7. The molecule has 1 aromatic heterocycles. The Balaban J connectivity index is 1.95. The third-order valence-corrected chi connectivity index (χ3v) is 4.40. The Morgan fingerprint density at radius 2 is 2.05 bits per heavy atom. The van der Waals surface area contributed by atoms with Gasteiger partial charge < -0.3 is 9.84 Å². The zero-order valence-corrected chi connectivity index (χ0v) is 11.3. The third-order valence-electron chi connectivity index (χ3n) is 4.40. The van der Waals surface area contributed by atoms with Crippen LogP contribution in [0.5, 0.6) is 0 Å². The van der Waals surface area contributed by atoms with Crippen LogP contribution in [-0.4, -0.2) is 47.3 Å². The Kier molecular flexibility index (Phi) is 3.08. The second kappa shape index (κ2) is 4.51. The lowest BCUT2D eigenvalue weighted by molar-refractivity contribution is -0.139. The van der Waals surface area contributed by atoms with Gasteiger partial charge in [-0.15, -0.1) is 0 Å². The zero-order chi connectivity index (χ0) is 13.6. The Morgan fingerprint density at radius 1 is 1.42 bits per heavy atom. The molecule has 4 nitrogen and oxygen atoms in total. The highest BCUT2D eigenvalue weighted by Crippen LogP contribution is 2.40. The van der Waals surface area contributed by atoms with Crippen molar-refractivity contribution in [3.05, 3.63) is 29.3 Å². The number of aromatic nitrogens is 1. The molecule has 2 saturated heterocycles. The molecule has 19 heavy (non-hydrogen) atoms.